The average molecular weight is 806 g/mol. The molecule has 8 aromatic carbocycles. The maximum absolute atomic E-state index is 2.53. The van der Waals surface area contributed by atoms with Crippen molar-refractivity contribution in [1.82, 2.24) is 0 Å². The minimum atomic E-state index is -0.335. The molecular weight excluding hydrogens is 759 g/mol. The zero-order valence-electron chi connectivity index (χ0n) is 35.8. The van der Waals surface area contributed by atoms with Gasteiger partial charge in [0.2, 0.25) is 0 Å². The first kappa shape index (κ1) is 36.4. The van der Waals surface area contributed by atoms with Gasteiger partial charge in [-0.1, -0.05) is 184 Å². The second-order valence-electron chi connectivity index (χ2n) is 18.6. The standard InChI is InChI=1S/C62H47N/c1-61(2)53-24-12-8-20-47(53)51-35-34-45(39-58(51)61)63(59-37-31-41-16-6-7-19-46(41)60(59)42-17-4-3-5-18-42)44-32-28-40(29-33-44)43-30-36-57-52(38-43)50-23-11-15-27-56(50)62(57)54-25-13-9-21-48(54)49-22-10-14-26-55(49)62/h3-5,8-15,17-39,41H,6-7,16H2,1-2H3. The Labute approximate surface area is 371 Å². The fourth-order valence-electron chi connectivity index (χ4n) is 12.3. The van der Waals surface area contributed by atoms with Gasteiger partial charge in [-0.2, -0.15) is 0 Å². The minimum absolute atomic E-state index is 0.110. The summed E-state index contributed by atoms with van der Waals surface area (Å²) in [6.07, 6.45) is 11.0. The minimum Gasteiger partial charge on any atom is -0.310 e. The van der Waals surface area contributed by atoms with E-state index in [1.54, 1.807) is 0 Å². The van der Waals surface area contributed by atoms with Gasteiger partial charge in [0.15, 0.2) is 0 Å². The highest BCUT2D eigenvalue weighted by molar-refractivity contribution is 5.97. The van der Waals surface area contributed by atoms with E-state index in [1.165, 1.54) is 119 Å². The maximum atomic E-state index is 2.53. The van der Waals surface area contributed by atoms with Gasteiger partial charge in [-0.25, -0.2) is 0 Å². The Bertz CT molecular complexity index is 3240. The Morgan fingerprint density at radius 2 is 0.984 bits per heavy atom. The Morgan fingerprint density at radius 3 is 1.67 bits per heavy atom. The van der Waals surface area contributed by atoms with Crippen LogP contribution in [0.25, 0.3) is 50.1 Å². The van der Waals surface area contributed by atoms with E-state index in [2.05, 4.69) is 225 Å². The van der Waals surface area contributed by atoms with Crippen molar-refractivity contribution in [2.45, 2.75) is 43.9 Å². The fourth-order valence-corrected chi connectivity index (χ4v) is 12.3. The molecule has 0 radical (unpaired) electrons. The lowest BCUT2D eigenvalue weighted by Gasteiger charge is -2.36. The number of allylic oxidation sites excluding steroid dienone is 5. The molecule has 0 saturated heterocycles. The Balaban J connectivity index is 0.968. The van der Waals surface area contributed by atoms with E-state index in [0.717, 1.165) is 12.1 Å². The van der Waals surface area contributed by atoms with Crippen LogP contribution in [0.15, 0.2) is 218 Å². The smallest absolute Gasteiger partial charge is 0.0725 e. The van der Waals surface area contributed by atoms with Gasteiger partial charge in [-0.15, -0.1) is 0 Å². The van der Waals surface area contributed by atoms with E-state index >= 15 is 0 Å². The summed E-state index contributed by atoms with van der Waals surface area (Å²) < 4.78 is 0. The van der Waals surface area contributed by atoms with E-state index in [9.17, 15) is 0 Å². The van der Waals surface area contributed by atoms with Crippen LogP contribution in [0.3, 0.4) is 0 Å². The topological polar surface area (TPSA) is 3.24 Å². The van der Waals surface area contributed by atoms with Crippen LogP contribution in [0.2, 0.25) is 0 Å². The van der Waals surface area contributed by atoms with Gasteiger partial charge < -0.3 is 4.90 Å². The van der Waals surface area contributed by atoms with E-state index in [-0.39, 0.29) is 10.8 Å². The molecule has 0 saturated carbocycles. The number of hydrogen-bond donors (Lipinski definition) is 0. The highest BCUT2D eigenvalue weighted by Gasteiger charge is 2.51. The molecule has 1 heteroatoms. The lowest BCUT2D eigenvalue weighted by atomic mass is 9.70. The summed E-state index contributed by atoms with van der Waals surface area (Å²) in [4.78, 5) is 2.53. The molecule has 0 fully saturated rings. The van der Waals surface area contributed by atoms with Crippen LogP contribution < -0.4 is 4.90 Å². The molecule has 0 aliphatic heterocycles. The number of anilines is 2. The van der Waals surface area contributed by atoms with E-state index in [0.29, 0.717) is 5.92 Å². The summed E-state index contributed by atoms with van der Waals surface area (Å²) in [5.74, 6) is 0.436. The summed E-state index contributed by atoms with van der Waals surface area (Å²) in [5.41, 5.74) is 25.9. The highest BCUT2D eigenvalue weighted by atomic mass is 15.1. The molecule has 0 bridgehead atoms. The average Bonchev–Trinajstić information content (AvgIpc) is 3.90. The number of benzene rings is 8. The lowest BCUT2D eigenvalue weighted by Crippen LogP contribution is -2.25. The van der Waals surface area contributed by atoms with Gasteiger partial charge in [0.25, 0.3) is 0 Å². The predicted molar refractivity (Wildman–Crippen MR) is 262 cm³/mol. The number of rotatable bonds is 5. The fraction of sp³-hybridized carbons (Fsp3) is 0.129. The van der Waals surface area contributed by atoms with Crippen molar-refractivity contribution >= 4 is 16.9 Å². The summed E-state index contributed by atoms with van der Waals surface area (Å²) in [6.45, 7) is 4.77. The van der Waals surface area contributed by atoms with Crippen molar-refractivity contribution in [1.29, 1.82) is 0 Å². The van der Waals surface area contributed by atoms with Crippen LogP contribution in [0.5, 0.6) is 0 Å². The molecule has 1 atom stereocenters. The molecule has 0 N–H and O–H groups in total. The molecule has 0 aromatic heterocycles. The van der Waals surface area contributed by atoms with E-state index < -0.39 is 0 Å². The van der Waals surface area contributed by atoms with Crippen LogP contribution in [0.4, 0.5) is 11.4 Å². The molecule has 300 valence electrons. The van der Waals surface area contributed by atoms with Crippen LogP contribution in [-0.4, -0.2) is 0 Å². The van der Waals surface area contributed by atoms with E-state index in [1.807, 2.05) is 0 Å². The highest BCUT2D eigenvalue weighted by Crippen LogP contribution is 2.63. The van der Waals surface area contributed by atoms with Crippen molar-refractivity contribution in [2.75, 3.05) is 4.90 Å². The van der Waals surface area contributed by atoms with Crippen LogP contribution in [0.1, 0.15) is 72.1 Å². The van der Waals surface area contributed by atoms with Crippen LogP contribution >= 0.6 is 0 Å². The van der Waals surface area contributed by atoms with Gasteiger partial charge in [0.1, 0.15) is 0 Å². The molecule has 63 heavy (non-hydrogen) atoms. The molecule has 0 heterocycles. The number of nitrogens with zero attached hydrogens (tertiary/aromatic N) is 1. The quantitative estimate of drug-likeness (QED) is 0.167. The second-order valence-corrected chi connectivity index (χ2v) is 18.6. The van der Waals surface area contributed by atoms with E-state index in [4.69, 9.17) is 0 Å². The van der Waals surface area contributed by atoms with Crippen molar-refractivity contribution in [3.8, 4) is 44.5 Å². The van der Waals surface area contributed by atoms with Gasteiger partial charge >= 0.3 is 0 Å². The van der Waals surface area contributed by atoms with Gasteiger partial charge in [-0.05, 0) is 145 Å². The normalized spacial score (nSPS) is 17.6. The monoisotopic (exact) mass is 805 g/mol. The van der Waals surface area contributed by atoms with Crippen LogP contribution in [0, 0.1) is 5.92 Å². The molecule has 5 aliphatic rings. The second kappa shape index (κ2) is 13.6. The predicted octanol–water partition coefficient (Wildman–Crippen LogP) is 15.8. The van der Waals surface area contributed by atoms with Gasteiger partial charge in [0, 0.05) is 28.3 Å². The van der Waals surface area contributed by atoms with Crippen LogP contribution in [-0.2, 0) is 10.8 Å². The number of fused-ring (bicyclic) bond motifs is 14. The Hall–Kier alpha value is -7.22. The molecule has 1 spiro atoms. The first-order valence-corrected chi connectivity index (χ1v) is 22.8. The maximum Gasteiger partial charge on any atom is 0.0725 e. The van der Waals surface area contributed by atoms with Crippen molar-refractivity contribution in [3.05, 3.63) is 256 Å². The largest absolute Gasteiger partial charge is 0.310 e. The third-order valence-electron chi connectivity index (χ3n) is 15.1. The molecule has 13 rings (SSSR count). The third kappa shape index (κ3) is 5.11. The van der Waals surface area contributed by atoms with Crippen molar-refractivity contribution < 1.29 is 0 Å². The summed E-state index contributed by atoms with van der Waals surface area (Å²) in [6, 6.07) is 71.1. The zero-order chi connectivity index (χ0) is 41.9. The molecule has 1 nitrogen and oxygen atoms in total. The summed E-state index contributed by atoms with van der Waals surface area (Å²) >= 11 is 0. The molecular formula is C62H47N. The first-order chi connectivity index (χ1) is 31.0. The number of hydrogen-bond acceptors (Lipinski definition) is 1. The lowest BCUT2D eigenvalue weighted by molar-refractivity contribution is 0.608. The third-order valence-corrected chi connectivity index (χ3v) is 15.1. The molecule has 0 amide bonds. The summed E-state index contributed by atoms with van der Waals surface area (Å²) in [5, 5.41) is 0. The van der Waals surface area contributed by atoms with Crippen molar-refractivity contribution in [2.24, 2.45) is 5.92 Å². The van der Waals surface area contributed by atoms with Crippen molar-refractivity contribution in [3.63, 3.8) is 0 Å². The first-order valence-electron chi connectivity index (χ1n) is 22.8. The summed E-state index contributed by atoms with van der Waals surface area (Å²) in [7, 11) is 0. The Morgan fingerprint density at radius 1 is 0.444 bits per heavy atom. The molecule has 5 aliphatic carbocycles. The molecule has 8 aromatic rings. The van der Waals surface area contributed by atoms with Gasteiger partial charge in [0.05, 0.1) is 11.1 Å². The van der Waals surface area contributed by atoms with Gasteiger partial charge in [-0.3, -0.25) is 0 Å². The Kier molecular flexibility index (Phi) is 7.89. The molecule has 1 unspecified atom stereocenters. The SMILES string of the molecule is CC1(C)c2ccccc2-c2ccc(N(C3=C(c4ccccc4)C4=CCCCC4C=C3)c3ccc(-c4ccc5c(c4)-c4ccccc4C54c5ccccc5-c5ccccc54)cc3)cc21. The zero-order valence-corrected chi connectivity index (χ0v) is 35.8.